The van der Waals surface area contributed by atoms with E-state index in [4.69, 9.17) is 11.6 Å². The van der Waals surface area contributed by atoms with Gasteiger partial charge in [0.2, 0.25) is 0 Å². The first-order valence-corrected chi connectivity index (χ1v) is 9.48. The van der Waals surface area contributed by atoms with Gasteiger partial charge in [0, 0.05) is 23.6 Å². The van der Waals surface area contributed by atoms with E-state index in [1.165, 1.54) is 11.9 Å². The van der Waals surface area contributed by atoms with Crippen LogP contribution < -0.4 is 0 Å². The Morgan fingerprint density at radius 1 is 1.29 bits per heavy atom. The van der Waals surface area contributed by atoms with E-state index in [-0.39, 0.29) is 22.1 Å². The second kappa shape index (κ2) is 7.71. The predicted molar refractivity (Wildman–Crippen MR) is 103 cm³/mol. The van der Waals surface area contributed by atoms with Crippen molar-refractivity contribution in [1.82, 2.24) is 19.5 Å². The van der Waals surface area contributed by atoms with Crippen molar-refractivity contribution in [3.05, 3.63) is 51.2 Å². The molecule has 0 saturated carbocycles. The molecule has 1 aromatic carbocycles. The monoisotopic (exact) mass is 474 g/mol. The number of alkyl halides is 3. The van der Waals surface area contributed by atoms with E-state index in [1.807, 2.05) is 6.92 Å². The summed E-state index contributed by atoms with van der Waals surface area (Å²) in [4.78, 5) is 18.1. The molecule has 0 aliphatic carbocycles. The van der Waals surface area contributed by atoms with Gasteiger partial charge in [-0.1, -0.05) is 46.6 Å². The zero-order chi connectivity index (χ0) is 20.6. The average molecular weight is 476 g/mol. The number of amides is 1. The number of aromatic nitrogens is 3. The van der Waals surface area contributed by atoms with Crippen LogP contribution in [0.1, 0.15) is 29.5 Å². The Kier molecular flexibility index (Phi) is 5.67. The number of hydrogen-bond acceptors (Lipinski definition) is 3. The fourth-order valence-electron chi connectivity index (χ4n) is 2.72. The third-order valence-electron chi connectivity index (χ3n) is 4.07. The van der Waals surface area contributed by atoms with Crippen LogP contribution in [0.25, 0.3) is 16.9 Å². The maximum Gasteiger partial charge on any atom is 0.433 e. The number of fused-ring (bicyclic) bond motifs is 1. The molecule has 0 fully saturated rings. The van der Waals surface area contributed by atoms with Crippen LogP contribution >= 0.6 is 27.5 Å². The minimum Gasteiger partial charge on any atom is -0.340 e. The SMILES string of the molecule is CCCN(C)C(=O)c1nn2c(C(F)(F)F)cc(-c3ccc(Br)cc3)nc2c1Cl. The van der Waals surface area contributed by atoms with Gasteiger partial charge in [0.15, 0.2) is 17.0 Å². The van der Waals surface area contributed by atoms with Crippen molar-refractivity contribution in [1.29, 1.82) is 0 Å². The highest BCUT2D eigenvalue weighted by molar-refractivity contribution is 9.10. The van der Waals surface area contributed by atoms with Gasteiger partial charge >= 0.3 is 6.18 Å². The second-order valence-electron chi connectivity index (χ2n) is 6.16. The van der Waals surface area contributed by atoms with Crippen molar-refractivity contribution < 1.29 is 18.0 Å². The number of benzene rings is 1. The highest BCUT2D eigenvalue weighted by atomic mass is 79.9. The maximum absolute atomic E-state index is 13.7. The summed E-state index contributed by atoms with van der Waals surface area (Å²) in [7, 11) is 1.54. The lowest BCUT2D eigenvalue weighted by atomic mass is 10.1. The predicted octanol–water partition coefficient (Wildman–Crippen LogP) is 5.31. The highest BCUT2D eigenvalue weighted by Gasteiger charge is 2.37. The summed E-state index contributed by atoms with van der Waals surface area (Å²) in [5.41, 5.74) is -0.986. The van der Waals surface area contributed by atoms with E-state index in [0.29, 0.717) is 23.0 Å². The normalized spacial score (nSPS) is 11.8. The van der Waals surface area contributed by atoms with Crippen LogP contribution in [0.5, 0.6) is 0 Å². The van der Waals surface area contributed by atoms with Gasteiger partial charge in [-0.05, 0) is 24.6 Å². The first kappa shape index (κ1) is 20.6. The van der Waals surface area contributed by atoms with Gasteiger partial charge in [-0.15, -0.1) is 0 Å². The lowest BCUT2D eigenvalue weighted by Gasteiger charge is -2.14. The molecule has 28 heavy (non-hydrogen) atoms. The van der Waals surface area contributed by atoms with Gasteiger partial charge in [-0.25, -0.2) is 9.50 Å². The Balaban J connectivity index is 2.24. The molecule has 0 aliphatic rings. The van der Waals surface area contributed by atoms with Crippen LogP contribution in [0.3, 0.4) is 0 Å². The lowest BCUT2D eigenvalue weighted by molar-refractivity contribution is -0.142. The second-order valence-corrected chi connectivity index (χ2v) is 7.45. The van der Waals surface area contributed by atoms with Gasteiger partial charge < -0.3 is 4.90 Å². The lowest BCUT2D eigenvalue weighted by Crippen LogP contribution is -2.28. The molecule has 3 rings (SSSR count). The molecule has 10 heteroatoms. The molecule has 0 N–H and O–H groups in total. The average Bonchev–Trinajstić information content (AvgIpc) is 2.97. The minimum atomic E-state index is -4.71. The number of carbonyl (C=O) groups excluding carboxylic acids is 1. The minimum absolute atomic E-state index is 0.0787. The molecule has 3 aromatic rings. The number of carbonyl (C=O) groups is 1. The van der Waals surface area contributed by atoms with Gasteiger partial charge in [-0.3, -0.25) is 4.79 Å². The largest absolute Gasteiger partial charge is 0.433 e. The fourth-order valence-corrected chi connectivity index (χ4v) is 3.22. The fraction of sp³-hybridized carbons (Fsp3) is 0.278. The van der Waals surface area contributed by atoms with Crippen molar-refractivity contribution in [2.75, 3.05) is 13.6 Å². The van der Waals surface area contributed by atoms with Gasteiger partial charge in [0.1, 0.15) is 5.02 Å². The Morgan fingerprint density at radius 2 is 1.93 bits per heavy atom. The van der Waals surface area contributed by atoms with Crippen molar-refractivity contribution in [3.63, 3.8) is 0 Å². The zero-order valence-electron chi connectivity index (χ0n) is 14.9. The number of nitrogens with zero attached hydrogens (tertiary/aromatic N) is 4. The summed E-state index contributed by atoms with van der Waals surface area (Å²) in [5.74, 6) is -0.560. The molecule has 0 atom stereocenters. The molecule has 2 heterocycles. The van der Waals surface area contributed by atoms with Crippen LogP contribution in [-0.4, -0.2) is 39.0 Å². The molecule has 148 valence electrons. The smallest absolute Gasteiger partial charge is 0.340 e. The molecular formula is C18H15BrClF3N4O. The zero-order valence-corrected chi connectivity index (χ0v) is 17.2. The van der Waals surface area contributed by atoms with E-state index >= 15 is 0 Å². The molecule has 0 unspecified atom stereocenters. The molecule has 0 saturated heterocycles. The van der Waals surface area contributed by atoms with Crippen molar-refractivity contribution in [2.24, 2.45) is 0 Å². The first-order chi connectivity index (χ1) is 13.1. The van der Waals surface area contributed by atoms with Crippen LogP contribution in [-0.2, 0) is 6.18 Å². The molecule has 0 radical (unpaired) electrons. The Morgan fingerprint density at radius 3 is 2.50 bits per heavy atom. The summed E-state index contributed by atoms with van der Waals surface area (Å²) in [6.07, 6.45) is -4.02. The third kappa shape index (κ3) is 3.86. The van der Waals surface area contributed by atoms with E-state index in [0.717, 1.165) is 10.5 Å². The van der Waals surface area contributed by atoms with Gasteiger partial charge in [-0.2, -0.15) is 18.3 Å². The number of halogens is 5. The van der Waals surface area contributed by atoms with Crippen LogP contribution in [0.15, 0.2) is 34.8 Å². The molecule has 0 spiro atoms. The summed E-state index contributed by atoms with van der Waals surface area (Å²) >= 11 is 9.52. The van der Waals surface area contributed by atoms with E-state index in [1.54, 1.807) is 24.3 Å². The maximum atomic E-state index is 13.7. The van der Waals surface area contributed by atoms with E-state index in [2.05, 4.69) is 26.0 Å². The molecular weight excluding hydrogens is 461 g/mol. The highest BCUT2D eigenvalue weighted by Crippen LogP contribution is 2.35. The standard InChI is InChI=1S/C18H15BrClF3N4O/c1-3-8-26(2)17(28)15-14(20)16-24-12(10-4-6-11(19)7-5-10)9-13(18(21,22)23)27(16)25-15/h4-7,9H,3,8H2,1-2H3. The topological polar surface area (TPSA) is 50.5 Å². The van der Waals surface area contributed by atoms with Crippen molar-refractivity contribution >= 4 is 39.1 Å². The molecule has 0 bridgehead atoms. The first-order valence-electron chi connectivity index (χ1n) is 8.31. The summed E-state index contributed by atoms with van der Waals surface area (Å²) in [6.45, 7) is 2.30. The molecule has 0 aliphatic heterocycles. The van der Waals surface area contributed by atoms with Crippen molar-refractivity contribution in [3.8, 4) is 11.3 Å². The summed E-state index contributed by atoms with van der Waals surface area (Å²) < 4.78 is 42.4. The van der Waals surface area contributed by atoms with Crippen LogP contribution in [0.4, 0.5) is 13.2 Å². The number of rotatable bonds is 4. The molecule has 5 nitrogen and oxygen atoms in total. The van der Waals surface area contributed by atoms with E-state index < -0.39 is 17.8 Å². The summed E-state index contributed by atoms with van der Waals surface area (Å²) in [6, 6.07) is 7.55. The number of hydrogen-bond donors (Lipinski definition) is 0. The Bertz CT molecular complexity index is 1030. The van der Waals surface area contributed by atoms with Gasteiger partial charge in [0.25, 0.3) is 5.91 Å². The third-order valence-corrected chi connectivity index (χ3v) is 4.95. The molecule has 1 amide bonds. The van der Waals surface area contributed by atoms with Crippen LogP contribution in [0.2, 0.25) is 5.02 Å². The quantitative estimate of drug-likeness (QED) is 0.514. The van der Waals surface area contributed by atoms with E-state index in [9.17, 15) is 18.0 Å². The van der Waals surface area contributed by atoms with Crippen molar-refractivity contribution in [2.45, 2.75) is 19.5 Å². The Labute approximate surface area is 172 Å². The molecule has 2 aromatic heterocycles. The Hall–Kier alpha value is -2.13. The summed E-state index contributed by atoms with van der Waals surface area (Å²) in [5, 5.41) is 3.62. The van der Waals surface area contributed by atoms with Crippen LogP contribution in [0, 0.1) is 0 Å². The van der Waals surface area contributed by atoms with Gasteiger partial charge in [0.05, 0.1) is 5.69 Å².